The van der Waals surface area contributed by atoms with Gasteiger partial charge in [0.25, 0.3) is 0 Å². The number of thiazole rings is 1. The molecule has 158 valence electrons. The van der Waals surface area contributed by atoms with E-state index in [1.807, 2.05) is 76.7 Å². The third-order valence-corrected chi connectivity index (χ3v) is 6.23. The molecule has 0 spiro atoms. The Hall–Kier alpha value is -3.69. The fourth-order valence-electron chi connectivity index (χ4n) is 3.10. The number of anilines is 1. The van der Waals surface area contributed by atoms with Crippen LogP contribution in [0, 0.1) is 0 Å². The number of carbonyl (C=O) groups is 1. The molecular weight excluding hydrogens is 442 g/mol. The summed E-state index contributed by atoms with van der Waals surface area (Å²) in [5.74, 6) is 1.19. The molecule has 0 radical (unpaired) electrons. The summed E-state index contributed by atoms with van der Waals surface area (Å²) in [6.07, 6.45) is 1.59. The summed E-state index contributed by atoms with van der Waals surface area (Å²) in [5, 5.41) is 14.5. The zero-order valence-electron chi connectivity index (χ0n) is 16.7. The molecule has 0 aliphatic rings. The highest BCUT2D eigenvalue weighted by molar-refractivity contribution is 7.99. The number of furan rings is 1. The highest BCUT2D eigenvalue weighted by atomic mass is 32.2. The van der Waals surface area contributed by atoms with Crippen LogP contribution in [-0.4, -0.2) is 31.4 Å². The van der Waals surface area contributed by atoms with Crippen LogP contribution in [0.5, 0.6) is 0 Å². The van der Waals surface area contributed by atoms with Crippen molar-refractivity contribution in [3.63, 3.8) is 0 Å². The lowest BCUT2D eigenvalue weighted by atomic mass is 10.2. The first kappa shape index (κ1) is 20.2. The summed E-state index contributed by atoms with van der Waals surface area (Å²) in [6.45, 7) is 0. The zero-order valence-corrected chi connectivity index (χ0v) is 18.3. The van der Waals surface area contributed by atoms with Gasteiger partial charge in [0.15, 0.2) is 16.0 Å². The van der Waals surface area contributed by atoms with Crippen LogP contribution in [0.3, 0.4) is 0 Å². The molecule has 0 unspecified atom stereocenters. The SMILES string of the molecule is O=C(CSc1nnc(-c2ccco2)n1-c1ccccc1)Nc1nc(-c2ccccc2)cs1. The third kappa shape index (κ3) is 4.34. The molecule has 0 bridgehead atoms. The summed E-state index contributed by atoms with van der Waals surface area (Å²) < 4.78 is 7.40. The topological polar surface area (TPSA) is 85.8 Å². The second-order valence-electron chi connectivity index (χ2n) is 6.70. The Bertz CT molecular complexity index is 1320. The number of para-hydroxylation sites is 1. The largest absolute Gasteiger partial charge is 0.461 e. The predicted molar refractivity (Wildman–Crippen MR) is 126 cm³/mol. The molecule has 1 N–H and O–H groups in total. The number of carbonyl (C=O) groups excluding carboxylic acids is 1. The zero-order chi connectivity index (χ0) is 21.8. The van der Waals surface area contributed by atoms with Crippen molar-refractivity contribution in [3.8, 4) is 28.5 Å². The molecule has 0 atom stereocenters. The monoisotopic (exact) mass is 459 g/mol. The van der Waals surface area contributed by atoms with Crippen LogP contribution in [0.4, 0.5) is 5.13 Å². The lowest BCUT2D eigenvalue weighted by Crippen LogP contribution is -2.14. The lowest BCUT2D eigenvalue weighted by Gasteiger charge is -2.08. The van der Waals surface area contributed by atoms with Crippen molar-refractivity contribution in [1.29, 1.82) is 0 Å². The van der Waals surface area contributed by atoms with Gasteiger partial charge in [0, 0.05) is 16.6 Å². The van der Waals surface area contributed by atoms with E-state index in [1.54, 1.807) is 12.3 Å². The van der Waals surface area contributed by atoms with Gasteiger partial charge in [0.2, 0.25) is 11.7 Å². The minimum Gasteiger partial charge on any atom is -0.461 e. The van der Waals surface area contributed by atoms with Gasteiger partial charge in [-0.2, -0.15) is 0 Å². The number of benzene rings is 2. The number of amides is 1. The van der Waals surface area contributed by atoms with Gasteiger partial charge in [0.1, 0.15) is 0 Å². The van der Waals surface area contributed by atoms with E-state index in [-0.39, 0.29) is 11.7 Å². The molecule has 5 aromatic rings. The minimum atomic E-state index is -0.161. The van der Waals surface area contributed by atoms with Gasteiger partial charge in [-0.3, -0.25) is 9.36 Å². The molecule has 1 amide bonds. The van der Waals surface area contributed by atoms with E-state index < -0.39 is 0 Å². The number of aromatic nitrogens is 4. The average Bonchev–Trinajstić information content (AvgIpc) is 3.59. The minimum absolute atomic E-state index is 0.161. The van der Waals surface area contributed by atoms with Gasteiger partial charge in [-0.1, -0.05) is 60.3 Å². The Kier molecular flexibility index (Phi) is 5.82. The summed E-state index contributed by atoms with van der Waals surface area (Å²) in [6, 6.07) is 23.2. The normalized spacial score (nSPS) is 10.9. The smallest absolute Gasteiger partial charge is 0.236 e. The Balaban J connectivity index is 1.31. The summed E-state index contributed by atoms with van der Waals surface area (Å²) in [4.78, 5) is 17.1. The Morgan fingerprint density at radius 2 is 1.78 bits per heavy atom. The number of hydrogen-bond acceptors (Lipinski definition) is 7. The van der Waals surface area contributed by atoms with E-state index >= 15 is 0 Å². The first-order valence-corrected chi connectivity index (χ1v) is 11.6. The van der Waals surface area contributed by atoms with Crippen LogP contribution < -0.4 is 5.32 Å². The molecule has 5 rings (SSSR count). The maximum Gasteiger partial charge on any atom is 0.236 e. The molecule has 3 aromatic heterocycles. The van der Waals surface area contributed by atoms with Crippen molar-refractivity contribution in [2.75, 3.05) is 11.1 Å². The van der Waals surface area contributed by atoms with E-state index in [0.29, 0.717) is 21.9 Å². The summed E-state index contributed by atoms with van der Waals surface area (Å²) >= 11 is 2.70. The van der Waals surface area contributed by atoms with E-state index in [1.165, 1.54) is 23.1 Å². The van der Waals surface area contributed by atoms with Crippen molar-refractivity contribution in [1.82, 2.24) is 19.7 Å². The van der Waals surface area contributed by atoms with Gasteiger partial charge in [-0.25, -0.2) is 4.98 Å². The quantitative estimate of drug-likeness (QED) is 0.329. The second kappa shape index (κ2) is 9.21. The Morgan fingerprint density at radius 3 is 2.53 bits per heavy atom. The van der Waals surface area contributed by atoms with E-state index in [4.69, 9.17) is 4.42 Å². The van der Waals surface area contributed by atoms with Crippen LogP contribution in [0.15, 0.2) is 94.0 Å². The molecule has 0 saturated heterocycles. The van der Waals surface area contributed by atoms with Gasteiger partial charge in [-0.05, 0) is 24.3 Å². The molecule has 3 heterocycles. The fraction of sp³-hybridized carbons (Fsp3) is 0.0435. The van der Waals surface area contributed by atoms with Crippen molar-refractivity contribution in [3.05, 3.63) is 84.4 Å². The van der Waals surface area contributed by atoms with Crippen LogP contribution in [-0.2, 0) is 4.79 Å². The summed E-state index contributed by atoms with van der Waals surface area (Å²) in [7, 11) is 0. The number of nitrogens with zero attached hydrogens (tertiary/aromatic N) is 4. The molecule has 0 aliphatic carbocycles. The number of thioether (sulfide) groups is 1. The molecule has 7 nitrogen and oxygen atoms in total. The average molecular weight is 460 g/mol. The molecule has 9 heteroatoms. The van der Waals surface area contributed by atoms with Crippen molar-refractivity contribution >= 4 is 34.1 Å². The maximum absolute atomic E-state index is 12.6. The molecule has 0 fully saturated rings. The van der Waals surface area contributed by atoms with Gasteiger partial charge in [-0.15, -0.1) is 21.5 Å². The Morgan fingerprint density at radius 1 is 1.00 bits per heavy atom. The van der Waals surface area contributed by atoms with Crippen LogP contribution in [0.25, 0.3) is 28.5 Å². The van der Waals surface area contributed by atoms with Crippen LogP contribution in [0.2, 0.25) is 0 Å². The van der Waals surface area contributed by atoms with E-state index in [9.17, 15) is 4.79 Å². The summed E-state index contributed by atoms with van der Waals surface area (Å²) in [5.41, 5.74) is 2.74. The maximum atomic E-state index is 12.6. The highest BCUT2D eigenvalue weighted by Gasteiger charge is 2.19. The number of rotatable bonds is 7. The molecule has 0 aliphatic heterocycles. The standard InChI is InChI=1S/C23H17N5O2S2/c29-20(25-22-24-18(14-31-22)16-8-3-1-4-9-16)15-32-23-27-26-21(19-12-7-13-30-19)28(23)17-10-5-2-6-11-17/h1-14H,15H2,(H,24,25,29). The van der Waals surface area contributed by atoms with E-state index in [0.717, 1.165) is 16.9 Å². The second-order valence-corrected chi connectivity index (χ2v) is 8.50. The molecule has 2 aromatic carbocycles. The van der Waals surface area contributed by atoms with E-state index in [2.05, 4.69) is 20.5 Å². The van der Waals surface area contributed by atoms with Gasteiger partial charge >= 0.3 is 0 Å². The number of nitrogens with one attached hydrogen (secondary N) is 1. The van der Waals surface area contributed by atoms with Crippen molar-refractivity contribution < 1.29 is 9.21 Å². The molecular formula is C23H17N5O2S2. The van der Waals surface area contributed by atoms with Crippen LogP contribution >= 0.6 is 23.1 Å². The van der Waals surface area contributed by atoms with Crippen molar-refractivity contribution in [2.24, 2.45) is 0 Å². The van der Waals surface area contributed by atoms with Gasteiger partial charge in [0.05, 0.1) is 17.7 Å². The lowest BCUT2D eigenvalue weighted by molar-refractivity contribution is -0.113. The predicted octanol–water partition coefficient (Wildman–Crippen LogP) is 5.38. The third-order valence-electron chi connectivity index (χ3n) is 4.54. The first-order chi connectivity index (χ1) is 15.8. The van der Waals surface area contributed by atoms with Crippen LogP contribution in [0.1, 0.15) is 0 Å². The fourth-order valence-corrected chi connectivity index (χ4v) is 4.58. The molecule has 0 saturated carbocycles. The first-order valence-electron chi connectivity index (χ1n) is 9.76. The van der Waals surface area contributed by atoms with Gasteiger partial charge < -0.3 is 9.73 Å². The number of hydrogen-bond donors (Lipinski definition) is 1. The molecule has 32 heavy (non-hydrogen) atoms. The Labute approximate surface area is 192 Å². The highest BCUT2D eigenvalue weighted by Crippen LogP contribution is 2.29. The van der Waals surface area contributed by atoms with Crippen molar-refractivity contribution in [2.45, 2.75) is 5.16 Å².